The van der Waals surface area contributed by atoms with Crippen LogP contribution in [-0.2, 0) is 11.4 Å². The number of nitrogens with zero attached hydrogens (tertiary/aromatic N) is 1. The summed E-state index contributed by atoms with van der Waals surface area (Å²) in [6, 6.07) is 17.3. The molecule has 9 heteroatoms. The first-order chi connectivity index (χ1) is 16.4. The highest BCUT2D eigenvalue weighted by Gasteiger charge is 2.24. The van der Waals surface area contributed by atoms with Crippen LogP contribution in [0.15, 0.2) is 79.5 Å². The molecule has 0 spiro atoms. The Labute approximate surface area is 217 Å². The van der Waals surface area contributed by atoms with E-state index in [4.69, 9.17) is 9.47 Å². The van der Waals surface area contributed by atoms with Crippen LogP contribution < -0.4 is 14.8 Å². The fraction of sp³-hybridized carbons (Fsp3) is 0.120. The molecule has 1 N–H and O–H groups in total. The van der Waals surface area contributed by atoms with Crippen molar-refractivity contribution in [2.75, 3.05) is 6.61 Å². The third kappa shape index (κ3) is 6.28. The van der Waals surface area contributed by atoms with Gasteiger partial charge in [-0.05, 0) is 116 Å². The average Bonchev–Trinajstić information content (AvgIpc) is 3.13. The smallest absolute Gasteiger partial charge is 0.264 e. The Kier molecular flexibility index (Phi) is 8.07. The Hall–Kier alpha value is -2.62. The summed E-state index contributed by atoms with van der Waals surface area (Å²) in [6.45, 7) is 2.75. The lowest BCUT2D eigenvalue weighted by atomic mass is 10.2. The second-order valence-corrected chi connectivity index (χ2v) is 9.88. The number of carbonyl (C=O) groups excluding carboxylic acids is 1. The maximum absolute atomic E-state index is 13.4. The van der Waals surface area contributed by atoms with Crippen LogP contribution in [0.2, 0.25) is 0 Å². The van der Waals surface area contributed by atoms with Crippen molar-refractivity contribution in [1.82, 2.24) is 5.32 Å². The molecule has 0 aromatic heterocycles. The standard InChI is InChI=1S/C25H19Br2FN2O3S/c1-2-32-19-8-6-18(7-9-19)29-25-30-24(31)22(34-25)13-16-11-20(26)23(21(27)12-16)33-14-15-4-3-5-17(28)10-15/h3-13H,2,14H2,1H3,(H,29,30,31)/b22-13+. The molecule has 1 heterocycles. The van der Waals surface area contributed by atoms with E-state index in [1.54, 1.807) is 18.2 Å². The number of nitrogens with one attached hydrogen (secondary N) is 1. The number of halogens is 3. The number of aliphatic imine (C=N–C) groups is 1. The third-order valence-electron chi connectivity index (χ3n) is 4.62. The normalized spacial score (nSPS) is 15.6. The van der Waals surface area contributed by atoms with E-state index in [-0.39, 0.29) is 18.3 Å². The molecule has 1 fully saturated rings. The van der Waals surface area contributed by atoms with Crippen LogP contribution in [0.4, 0.5) is 10.1 Å². The molecule has 0 unspecified atom stereocenters. The number of amidine groups is 1. The minimum atomic E-state index is -0.307. The van der Waals surface area contributed by atoms with Gasteiger partial charge in [0.25, 0.3) is 5.91 Å². The molecule has 1 amide bonds. The highest BCUT2D eigenvalue weighted by Crippen LogP contribution is 2.37. The van der Waals surface area contributed by atoms with Gasteiger partial charge in [-0.1, -0.05) is 12.1 Å². The van der Waals surface area contributed by atoms with Crippen LogP contribution in [0, 0.1) is 5.82 Å². The van der Waals surface area contributed by atoms with E-state index in [9.17, 15) is 9.18 Å². The van der Waals surface area contributed by atoms with Gasteiger partial charge in [0, 0.05) is 0 Å². The molecule has 0 atom stereocenters. The number of hydrogen-bond donors (Lipinski definition) is 1. The van der Waals surface area contributed by atoms with E-state index < -0.39 is 0 Å². The lowest BCUT2D eigenvalue weighted by molar-refractivity contribution is -0.115. The van der Waals surface area contributed by atoms with E-state index in [0.29, 0.717) is 31.4 Å². The first-order valence-electron chi connectivity index (χ1n) is 10.3. The van der Waals surface area contributed by atoms with Crippen molar-refractivity contribution in [3.8, 4) is 11.5 Å². The first kappa shape index (κ1) is 24.5. The van der Waals surface area contributed by atoms with E-state index in [1.165, 1.54) is 23.9 Å². The van der Waals surface area contributed by atoms with Crippen LogP contribution in [-0.4, -0.2) is 17.7 Å². The van der Waals surface area contributed by atoms with Gasteiger partial charge >= 0.3 is 0 Å². The van der Waals surface area contributed by atoms with Gasteiger partial charge in [-0.3, -0.25) is 4.79 Å². The van der Waals surface area contributed by atoms with Crippen molar-refractivity contribution in [1.29, 1.82) is 0 Å². The van der Waals surface area contributed by atoms with Gasteiger partial charge in [0.1, 0.15) is 23.9 Å². The zero-order chi connectivity index (χ0) is 24.1. The number of amides is 1. The van der Waals surface area contributed by atoms with Crippen LogP contribution >= 0.6 is 43.6 Å². The van der Waals surface area contributed by atoms with Crippen molar-refractivity contribution >= 4 is 66.5 Å². The zero-order valence-electron chi connectivity index (χ0n) is 18.0. The summed E-state index contributed by atoms with van der Waals surface area (Å²) in [5.41, 5.74) is 2.25. The fourth-order valence-electron chi connectivity index (χ4n) is 3.12. The Balaban J connectivity index is 1.47. The van der Waals surface area contributed by atoms with E-state index >= 15 is 0 Å². The number of hydrogen-bond acceptors (Lipinski definition) is 5. The molecule has 3 aromatic rings. The maximum atomic E-state index is 13.4. The number of benzene rings is 3. The molecule has 1 aliphatic heterocycles. The van der Waals surface area contributed by atoms with Crippen LogP contribution in [0.3, 0.4) is 0 Å². The summed E-state index contributed by atoms with van der Waals surface area (Å²) in [7, 11) is 0. The predicted octanol–water partition coefficient (Wildman–Crippen LogP) is 7.22. The summed E-state index contributed by atoms with van der Waals surface area (Å²) in [5.74, 6) is 0.842. The molecule has 0 bridgehead atoms. The molecule has 1 aliphatic rings. The topological polar surface area (TPSA) is 59.9 Å². The third-order valence-corrected chi connectivity index (χ3v) is 6.71. The van der Waals surface area contributed by atoms with Crippen molar-refractivity contribution in [3.63, 3.8) is 0 Å². The van der Waals surface area contributed by atoms with Gasteiger partial charge in [0.05, 0.1) is 26.1 Å². The summed E-state index contributed by atoms with van der Waals surface area (Å²) in [6.07, 6.45) is 1.78. The Morgan fingerprint density at radius 3 is 2.47 bits per heavy atom. The highest BCUT2D eigenvalue weighted by molar-refractivity contribution is 9.11. The van der Waals surface area contributed by atoms with E-state index in [2.05, 4.69) is 42.2 Å². The number of carbonyl (C=O) groups is 1. The van der Waals surface area contributed by atoms with Gasteiger partial charge in [-0.15, -0.1) is 0 Å². The van der Waals surface area contributed by atoms with Crippen molar-refractivity contribution in [2.24, 2.45) is 4.99 Å². The maximum Gasteiger partial charge on any atom is 0.264 e. The minimum absolute atomic E-state index is 0.214. The molecule has 4 rings (SSSR count). The molecular formula is C25H19Br2FN2O3S. The van der Waals surface area contributed by atoms with Crippen molar-refractivity contribution in [3.05, 3.63) is 91.5 Å². The van der Waals surface area contributed by atoms with Gasteiger partial charge in [0.2, 0.25) is 0 Å². The second-order valence-electron chi connectivity index (χ2n) is 7.14. The zero-order valence-corrected chi connectivity index (χ0v) is 22.0. The quantitative estimate of drug-likeness (QED) is 0.289. The first-order valence-corrected chi connectivity index (χ1v) is 12.7. The monoisotopic (exact) mass is 604 g/mol. The van der Waals surface area contributed by atoms with Gasteiger partial charge in [-0.25, -0.2) is 9.38 Å². The second kappa shape index (κ2) is 11.2. The summed E-state index contributed by atoms with van der Waals surface area (Å²) >= 11 is 8.32. The molecular weight excluding hydrogens is 587 g/mol. The van der Waals surface area contributed by atoms with E-state index in [1.807, 2.05) is 43.3 Å². The molecule has 0 saturated carbocycles. The van der Waals surface area contributed by atoms with E-state index in [0.717, 1.165) is 22.6 Å². The lowest BCUT2D eigenvalue weighted by Crippen LogP contribution is -2.19. The van der Waals surface area contributed by atoms with Crippen LogP contribution in [0.5, 0.6) is 11.5 Å². The van der Waals surface area contributed by atoms with Crippen LogP contribution in [0.1, 0.15) is 18.1 Å². The summed E-state index contributed by atoms with van der Waals surface area (Å²) in [5, 5.41) is 3.30. The fourth-order valence-corrected chi connectivity index (χ4v) is 5.41. The molecule has 0 aliphatic carbocycles. The van der Waals surface area contributed by atoms with Gasteiger partial charge in [-0.2, -0.15) is 0 Å². The Morgan fingerprint density at radius 2 is 1.79 bits per heavy atom. The van der Waals surface area contributed by atoms with Crippen LogP contribution in [0.25, 0.3) is 6.08 Å². The molecule has 0 radical (unpaired) electrons. The molecule has 34 heavy (non-hydrogen) atoms. The Bertz CT molecular complexity index is 1260. The molecule has 174 valence electrons. The largest absolute Gasteiger partial charge is 0.494 e. The van der Waals surface area contributed by atoms with Gasteiger partial charge in [0.15, 0.2) is 5.17 Å². The van der Waals surface area contributed by atoms with Crippen molar-refractivity contribution < 1.29 is 18.7 Å². The molecule has 3 aromatic carbocycles. The summed E-state index contributed by atoms with van der Waals surface area (Å²) < 4.78 is 26.1. The predicted molar refractivity (Wildman–Crippen MR) is 141 cm³/mol. The molecule has 5 nitrogen and oxygen atoms in total. The van der Waals surface area contributed by atoms with Crippen molar-refractivity contribution in [2.45, 2.75) is 13.5 Å². The summed E-state index contributed by atoms with van der Waals surface area (Å²) in [4.78, 5) is 17.5. The lowest BCUT2D eigenvalue weighted by Gasteiger charge is -2.11. The SMILES string of the molecule is CCOc1ccc(N=C2NC(=O)/C(=C\c3cc(Br)c(OCc4cccc(F)c4)c(Br)c3)S2)cc1. The Morgan fingerprint density at radius 1 is 1.06 bits per heavy atom. The number of ether oxygens (including phenoxy) is 2. The minimum Gasteiger partial charge on any atom is -0.494 e. The molecule has 1 saturated heterocycles. The highest BCUT2D eigenvalue weighted by atomic mass is 79.9. The average molecular weight is 606 g/mol. The number of rotatable bonds is 7. The number of thioether (sulfide) groups is 1. The van der Waals surface area contributed by atoms with Gasteiger partial charge < -0.3 is 14.8 Å².